The van der Waals surface area contributed by atoms with Gasteiger partial charge >= 0.3 is 12.1 Å². The second-order valence-electron chi connectivity index (χ2n) is 3.71. The average Bonchev–Trinajstić information content (AvgIpc) is 2.70. The summed E-state index contributed by atoms with van der Waals surface area (Å²) >= 11 is 0. The van der Waals surface area contributed by atoms with Crippen LogP contribution in [-0.2, 0) is 6.18 Å². The van der Waals surface area contributed by atoms with Gasteiger partial charge in [-0.3, -0.25) is 0 Å². The fourth-order valence-electron chi connectivity index (χ4n) is 1.52. The third-order valence-electron chi connectivity index (χ3n) is 2.48. The Labute approximate surface area is 105 Å². The molecule has 0 spiro atoms. The molecular weight excluding hydrogens is 263 g/mol. The molecule has 19 heavy (non-hydrogen) atoms. The minimum atomic E-state index is -4.43. The summed E-state index contributed by atoms with van der Waals surface area (Å²) in [6, 6.07) is 4.07. The number of aromatic carboxylic acids is 1. The molecule has 0 aliphatic rings. The van der Waals surface area contributed by atoms with Gasteiger partial charge in [-0.1, -0.05) is 0 Å². The van der Waals surface area contributed by atoms with E-state index in [0.29, 0.717) is 0 Å². The topological polar surface area (TPSA) is 81.1 Å². The van der Waals surface area contributed by atoms with Crippen LogP contribution in [0.2, 0.25) is 0 Å². The quantitative estimate of drug-likeness (QED) is 0.877. The first kappa shape index (κ1) is 12.9. The first-order valence-electron chi connectivity index (χ1n) is 5.05. The lowest BCUT2D eigenvalue weighted by molar-refractivity contribution is -0.137. The van der Waals surface area contributed by atoms with Gasteiger partial charge in [0.1, 0.15) is 11.4 Å². The predicted octanol–water partition coefficient (Wildman–Crippen LogP) is 2.17. The highest BCUT2D eigenvalue weighted by Crippen LogP contribution is 2.30. The molecule has 8 heteroatoms. The Bertz CT molecular complexity index is 617. The number of alkyl halides is 3. The minimum Gasteiger partial charge on any atom is -0.477 e. The maximum absolute atomic E-state index is 12.4. The van der Waals surface area contributed by atoms with E-state index in [1.54, 1.807) is 0 Å². The van der Waals surface area contributed by atoms with Crippen LogP contribution in [0.15, 0.2) is 30.5 Å². The molecule has 0 fully saturated rings. The molecule has 2 aromatic rings. The SMILES string of the molecule is Nc1c(C(=O)O)cnn1-c1ccc(C(F)(F)F)cc1. The number of anilines is 1. The lowest BCUT2D eigenvalue weighted by Gasteiger charge is -2.08. The number of aromatic nitrogens is 2. The molecule has 1 aromatic heterocycles. The van der Waals surface area contributed by atoms with E-state index in [1.165, 1.54) is 0 Å². The molecule has 1 aromatic carbocycles. The third kappa shape index (κ3) is 2.37. The maximum Gasteiger partial charge on any atom is 0.416 e. The highest BCUT2D eigenvalue weighted by atomic mass is 19.4. The van der Waals surface area contributed by atoms with Crippen LogP contribution >= 0.6 is 0 Å². The fraction of sp³-hybridized carbons (Fsp3) is 0.0909. The van der Waals surface area contributed by atoms with Gasteiger partial charge < -0.3 is 10.8 Å². The summed E-state index contributed by atoms with van der Waals surface area (Å²) in [7, 11) is 0. The second kappa shape index (κ2) is 4.30. The number of halogens is 3. The number of rotatable bonds is 2. The van der Waals surface area contributed by atoms with Crippen LogP contribution in [0.3, 0.4) is 0 Å². The minimum absolute atomic E-state index is 0.146. The molecule has 0 aliphatic carbocycles. The number of carbonyl (C=O) groups is 1. The van der Waals surface area contributed by atoms with E-state index in [1.807, 2.05) is 0 Å². The molecule has 0 aliphatic heterocycles. The van der Waals surface area contributed by atoms with Gasteiger partial charge in [-0.25, -0.2) is 9.48 Å². The van der Waals surface area contributed by atoms with Crippen molar-refractivity contribution in [2.24, 2.45) is 0 Å². The Morgan fingerprint density at radius 3 is 2.26 bits per heavy atom. The van der Waals surface area contributed by atoms with Crippen LogP contribution in [0, 0.1) is 0 Å². The number of hydrogen-bond acceptors (Lipinski definition) is 3. The average molecular weight is 271 g/mol. The summed E-state index contributed by atoms with van der Waals surface area (Å²) in [5.74, 6) is -1.40. The van der Waals surface area contributed by atoms with E-state index >= 15 is 0 Å². The summed E-state index contributed by atoms with van der Waals surface area (Å²) in [5.41, 5.74) is 4.79. The third-order valence-corrected chi connectivity index (χ3v) is 2.48. The molecule has 0 amide bonds. The number of hydrogen-bond donors (Lipinski definition) is 2. The Balaban J connectivity index is 2.41. The van der Waals surface area contributed by atoms with Crippen molar-refractivity contribution in [1.29, 1.82) is 0 Å². The molecule has 0 atom stereocenters. The van der Waals surface area contributed by atoms with Crippen LogP contribution in [0.1, 0.15) is 15.9 Å². The zero-order chi connectivity index (χ0) is 14.2. The molecule has 0 unspecified atom stereocenters. The molecule has 2 rings (SSSR count). The van der Waals surface area contributed by atoms with Crippen molar-refractivity contribution < 1.29 is 23.1 Å². The lowest BCUT2D eigenvalue weighted by Crippen LogP contribution is -2.07. The van der Waals surface area contributed by atoms with Crippen molar-refractivity contribution in [3.05, 3.63) is 41.6 Å². The Morgan fingerprint density at radius 2 is 1.84 bits per heavy atom. The first-order valence-corrected chi connectivity index (χ1v) is 5.05. The van der Waals surface area contributed by atoms with Crippen LogP contribution < -0.4 is 5.73 Å². The summed E-state index contributed by atoms with van der Waals surface area (Å²) in [5, 5.41) is 12.5. The Morgan fingerprint density at radius 1 is 1.26 bits per heavy atom. The first-order chi connectivity index (χ1) is 8.80. The van der Waals surface area contributed by atoms with Gasteiger partial charge in [0.05, 0.1) is 17.4 Å². The van der Waals surface area contributed by atoms with E-state index < -0.39 is 17.7 Å². The number of nitrogens with zero attached hydrogens (tertiary/aromatic N) is 2. The number of carboxylic acid groups (broad SMARTS) is 1. The highest BCUT2D eigenvalue weighted by Gasteiger charge is 2.30. The molecule has 100 valence electrons. The van der Waals surface area contributed by atoms with Crippen LogP contribution in [0.5, 0.6) is 0 Å². The van der Waals surface area contributed by atoms with E-state index in [9.17, 15) is 18.0 Å². The van der Waals surface area contributed by atoms with Crippen molar-refractivity contribution >= 4 is 11.8 Å². The number of nitrogen functional groups attached to an aromatic ring is 1. The van der Waals surface area contributed by atoms with E-state index in [2.05, 4.69) is 5.10 Å². The van der Waals surface area contributed by atoms with Gasteiger partial charge in [0.25, 0.3) is 0 Å². The highest BCUT2D eigenvalue weighted by molar-refractivity contribution is 5.92. The van der Waals surface area contributed by atoms with Crippen molar-refractivity contribution in [2.45, 2.75) is 6.18 Å². The van der Waals surface area contributed by atoms with Crippen LogP contribution in [0.25, 0.3) is 5.69 Å². The van der Waals surface area contributed by atoms with Gasteiger partial charge in [-0.2, -0.15) is 18.3 Å². The summed E-state index contributed by atoms with van der Waals surface area (Å²) < 4.78 is 38.2. The number of benzene rings is 1. The zero-order valence-corrected chi connectivity index (χ0v) is 9.35. The molecule has 0 saturated heterocycles. The summed E-state index contributed by atoms with van der Waals surface area (Å²) in [6.45, 7) is 0. The molecular formula is C11H8F3N3O2. The predicted molar refractivity (Wildman–Crippen MR) is 59.9 cm³/mol. The van der Waals surface area contributed by atoms with Crippen LogP contribution in [-0.4, -0.2) is 20.9 Å². The molecule has 1 heterocycles. The second-order valence-corrected chi connectivity index (χ2v) is 3.71. The Kier molecular flexibility index (Phi) is 2.93. The standard InChI is InChI=1S/C11H8F3N3O2/c12-11(13,14)6-1-3-7(4-2-6)17-9(15)8(5-16-17)10(18)19/h1-5H,15H2,(H,18,19). The Hall–Kier alpha value is -2.51. The van der Waals surface area contributed by atoms with Crippen molar-refractivity contribution in [2.75, 3.05) is 5.73 Å². The van der Waals surface area contributed by atoms with Crippen LogP contribution in [0.4, 0.5) is 19.0 Å². The van der Waals surface area contributed by atoms with Crippen molar-refractivity contribution in [1.82, 2.24) is 9.78 Å². The smallest absolute Gasteiger partial charge is 0.416 e. The monoisotopic (exact) mass is 271 g/mol. The van der Waals surface area contributed by atoms with Crippen molar-refractivity contribution in [3.63, 3.8) is 0 Å². The van der Waals surface area contributed by atoms with E-state index in [-0.39, 0.29) is 17.1 Å². The lowest BCUT2D eigenvalue weighted by atomic mass is 10.2. The number of nitrogens with two attached hydrogens (primary N) is 1. The maximum atomic E-state index is 12.4. The molecule has 0 bridgehead atoms. The van der Waals surface area contributed by atoms with Gasteiger partial charge in [0.15, 0.2) is 0 Å². The molecule has 0 radical (unpaired) electrons. The molecule has 0 saturated carbocycles. The number of carboxylic acids is 1. The van der Waals surface area contributed by atoms with Gasteiger partial charge in [-0.15, -0.1) is 0 Å². The normalized spacial score (nSPS) is 11.5. The summed E-state index contributed by atoms with van der Waals surface area (Å²) in [6.07, 6.45) is -3.39. The van der Waals surface area contributed by atoms with Gasteiger partial charge in [0, 0.05) is 0 Å². The van der Waals surface area contributed by atoms with E-state index in [4.69, 9.17) is 10.8 Å². The zero-order valence-electron chi connectivity index (χ0n) is 9.35. The molecule has 3 N–H and O–H groups in total. The largest absolute Gasteiger partial charge is 0.477 e. The summed E-state index contributed by atoms with van der Waals surface area (Å²) in [4.78, 5) is 10.8. The van der Waals surface area contributed by atoms with E-state index in [0.717, 1.165) is 35.1 Å². The van der Waals surface area contributed by atoms with Gasteiger partial charge in [-0.05, 0) is 24.3 Å². The van der Waals surface area contributed by atoms with Crippen molar-refractivity contribution in [3.8, 4) is 5.69 Å². The fourth-order valence-corrected chi connectivity index (χ4v) is 1.52. The van der Waals surface area contributed by atoms with Gasteiger partial charge in [0.2, 0.25) is 0 Å². The molecule has 5 nitrogen and oxygen atoms in total.